The van der Waals surface area contributed by atoms with Crippen LogP contribution in [0.25, 0.3) is 11.4 Å². The van der Waals surface area contributed by atoms with Gasteiger partial charge in [-0.25, -0.2) is 23.5 Å². The van der Waals surface area contributed by atoms with Crippen molar-refractivity contribution in [3.63, 3.8) is 0 Å². The molecule has 1 saturated heterocycles. The molecule has 1 aliphatic rings. The third kappa shape index (κ3) is 6.24. The summed E-state index contributed by atoms with van der Waals surface area (Å²) in [6, 6.07) is 9.42. The van der Waals surface area contributed by atoms with Gasteiger partial charge in [-0.3, -0.25) is 9.59 Å². The number of nitrogens with zero attached hydrogens (tertiary/aromatic N) is 3. The minimum atomic E-state index is -0.834. The summed E-state index contributed by atoms with van der Waals surface area (Å²) < 4.78 is 39.1. The lowest BCUT2D eigenvalue weighted by atomic mass is 10.1. The van der Waals surface area contributed by atoms with Gasteiger partial charge in [-0.2, -0.15) is 0 Å². The van der Waals surface area contributed by atoms with Crippen molar-refractivity contribution in [2.24, 2.45) is 0 Å². The summed E-state index contributed by atoms with van der Waals surface area (Å²) in [4.78, 5) is 46.8. The first kappa shape index (κ1) is 27.7. The van der Waals surface area contributed by atoms with Gasteiger partial charge in [-0.05, 0) is 36.9 Å². The number of hydrogen-bond donors (Lipinski definition) is 2. The number of rotatable bonds is 9. The second-order valence-electron chi connectivity index (χ2n) is 8.70. The van der Waals surface area contributed by atoms with Crippen LogP contribution in [0.3, 0.4) is 0 Å². The monoisotopic (exact) mass is 539 g/mol. The van der Waals surface area contributed by atoms with Gasteiger partial charge in [-0.15, -0.1) is 0 Å². The number of methoxy groups -OCH3 is 1. The average Bonchev–Trinajstić information content (AvgIpc) is 2.94. The fourth-order valence-corrected chi connectivity index (χ4v) is 4.21. The van der Waals surface area contributed by atoms with Crippen molar-refractivity contribution in [2.45, 2.75) is 19.0 Å². The molecule has 1 fully saturated rings. The molecular weight excluding hydrogens is 512 g/mol. The fourth-order valence-electron chi connectivity index (χ4n) is 4.21. The van der Waals surface area contributed by atoms with Gasteiger partial charge in [0.2, 0.25) is 5.91 Å². The number of amides is 1. The van der Waals surface area contributed by atoms with E-state index < -0.39 is 29.2 Å². The van der Waals surface area contributed by atoms with Crippen molar-refractivity contribution >= 4 is 29.7 Å². The molecule has 0 bridgehead atoms. The molecular formula is C27H27F2N5O5. The highest BCUT2D eigenvalue weighted by Gasteiger charge is 2.33. The van der Waals surface area contributed by atoms with Gasteiger partial charge in [0.05, 0.1) is 43.6 Å². The van der Waals surface area contributed by atoms with Crippen LogP contribution in [0.4, 0.5) is 20.3 Å². The molecule has 3 aromatic rings. The Morgan fingerprint density at radius 1 is 1.15 bits per heavy atom. The SMILES string of the molecule is CNCc1nc(-c2c(F)cccc2F)nc(Nc2ccc(CC(=O)N3CCOC[C@H]3C(=O)OC)cc2)c1C=O. The Labute approximate surface area is 223 Å². The van der Waals surface area contributed by atoms with E-state index in [1.807, 2.05) is 0 Å². The van der Waals surface area contributed by atoms with E-state index in [2.05, 4.69) is 20.6 Å². The Kier molecular flexibility index (Phi) is 8.89. The van der Waals surface area contributed by atoms with Crippen LogP contribution in [-0.4, -0.2) is 73.0 Å². The first-order valence-corrected chi connectivity index (χ1v) is 12.1. The molecule has 204 valence electrons. The summed E-state index contributed by atoms with van der Waals surface area (Å²) in [5.74, 6) is -2.59. The second kappa shape index (κ2) is 12.5. The van der Waals surface area contributed by atoms with Crippen molar-refractivity contribution in [3.8, 4) is 11.4 Å². The number of nitrogens with one attached hydrogen (secondary N) is 2. The minimum Gasteiger partial charge on any atom is -0.467 e. The number of aldehydes is 1. The van der Waals surface area contributed by atoms with Crippen molar-refractivity contribution in [1.29, 1.82) is 0 Å². The minimum absolute atomic E-state index is 0.0455. The van der Waals surface area contributed by atoms with E-state index in [-0.39, 0.29) is 54.9 Å². The van der Waals surface area contributed by atoms with E-state index >= 15 is 0 Å². The van der Waals surface area contributed by atoms with Crippen LogP contribution in [0.1, 0.15) is 21.6 Å². The summed E-state index contributed by atoms with van der Waals surface area (Å²) in [5.41, 5.74) is 1.18. The maximum absolute atomic E-state index is 14.5. The zero-order valence-corrected chi connectivity index (χ0v) is 21.4. The second-order valence-corrected chi connectivity index (χ2v) is 8.70. The van der Waals surface area contributed by atoms with Crippen LogP contribution in [0.15, 0.2) is 42.5 Å². The highest BCUT2D eigenvalue weighted by molar-refractivity contribution is 5.87. The molecule has 2 N–H and O–H groups in total. The Morgan fingerprint density at radius 3 is 2.51 bits per heavy atom. The fraction of sp³-hybridized carbons (Fsp3) is 0.296. The van der Waals surface area contributed by atoms with Gasteiger partial charge in [0.25, 0.3) is 0 Å². The predicted octanol–water partition coefficient (Wildman–Crippen LogP) is 2.64. The van der Waals surface area contributed by atoms with Gasteiger partial charge < -0.3 is 25.0 Å². The largest absolute Gasteiger partial charge is 0.467 e. The molecule has 0 spiro atoms. The number of halogens is 2. The summed E-state index contributed by atoms with van der Waals surface area (Å²) in [7, 11) is 2.91. The summed E-state index contributed by atoms with van der Waals surface area (Å²) in [5, 5.41) is 5.90. The number of ether oxygens (including phenoxy) is 2. The third-order valence-corrected chi connectivity index (χ3v) is 6.17. The number of carbonyl (C=O) groups is 3. The molecule has 0 saturated carbocycles. The number of morpholine rings is 1. The van der Waals surface area contributed by atoms with Gasteiger partial charge >= 0.3 is 5.97 Å². The van der Waals surface area contributed by atoms with Crippen LogP contribution >= 0.6 is 0 Å². The Morgan fingerprint density at radius 2 is 1.87 bits per heavy atom. The van der Waals surface area contributed by atoms with Crippen LogP contribution < -0.4 is 10.6 Å². The molecule has 1 aromatic heterocycles. The summed E-state index contributed by atoms with van der Waals surface area (Å²) in [6.07, 6.45) is 0.619. The number of carbonyl (C=O) groups excluding carboxylic acids is 3. The number of benzene rings is 2. The van der Waals surface area contributed by atoms with E-state index in [4.69, 9.17) is 9.47 Å². The molecule has 10 nitrogen and oxygen atoms in total. The van der Waals surface area contributed by atoms with E-state index in [9.17, 15) is 23.2 Å². The van der Waals surface area contributed by atoms with Crippen LogP contribution in [0.2, 0.25) is 0 Å². The molecule has 1 atom stereocenters. The van der Waals surface area contributed by atoms with Crippen molar-refractivity contribution < 1.29 is 32.6 Å². The van der Waals surface area contributed by atoms with Gasteiger partial charge in [0, 0.05) is 18.8 Å². The molecule has 39 heavy (non-hydrogen) atoms. The quantitative estimate of drug-likeness (QED) is 0.312. The lowest BCUT2D eigenvalue weighted by molar-refractivity contribution is -0.160. The Hall–Kier alpha value is -4.29. The predicted molar refractivity (Wildman–Crippen MR) is 137 cm³/mol. The first-order chi connectivity index (χ1) is 18.9. The smallest absolute Gasteiger partial charge is 0.331 e. The first-order valence-electron chi connectivity index (χ1n) is 12.1. The number of anilines is 2. The molecule has 12 heteroatoms. The van der Waals surface area contributed by atoms with Gasteiger partial charge in [-0.1, -0.05) is 18.2 Å². The molecule has 2 aromatic carbocycles. The van der Waals surface area contributed by atoms with E-state index in [0.717, 1.165) is 12.1 Å². The standard InChI is InChI=1S/C27H27F2N5O5/c1-30-13-21-18(14-35)25(33-26(32-21)24-19(28)4-3-5-20(24)29)31-17-8-6-16(7-9-17)12-23(36)34-10-11-39-15-22(34)27(37)38-2/h3-9,14,22,30H,10-13,15H2,1-2H3,(H,31,32,33)/t22-/m0/s1. The zero-order valence-electron chi connectivity index (χ0n) is 21.4. The van der Waals surface area contributed by atoms with Crippen molar-refractivity contribution in [2.75, 3.05) is 39.2 Å². The van der Waals surface area contributed by atoms with E-state index in [0.29, 0.717) is 24.1 Å². The molecule has 1 aliphatic heterocycles. The Bertz CT molecular complexity index is 1350. The highest BCUT2D eigenvalue weighted by Crippen LogP contribution is 2.28. The lowest BCUT2D eigenvalue weighted by Crippen LogP contribution is -2.53. The van der Waals surface area contributed by atoms with Crippen molar-refractivity contribution in [1.82, 2.24) is 20.2 Å². The third-order valence-electron chi connectivity index (χ3n) is 6.17. The topological polar surface area (TPSA) is 123 Å². The number of hydrogen-bond acceptors (Lipinski definition) is 9. The molecule has 0 radical (unpaired) electrons. The molecule has 1 amide bonds. The molecule has 4 rings (SSSR count). The highest BCUT2D eigenvalue weighted by atomic mass is 19.1. The normalized spacial score (nSPS) is 15.1. The van der Waals surface area contributed by atoms with Gasteiger partial charge in [0.15, 0.2) is 18.2 Å². The van der Waals surface area contributed by atoms with E-state index in [1.54, 1.807) is 31.3 Å². The van der Waals surface area contributed by atoms with Crippen molar-refractivity contribution in [3.05, 3.63) is 70.9 Å². The maximum Gasteiger partial charge on any atom is 0.331 e. The van der Waals surface area contributed by atoms with E-state index in [1.165, 1.54) is 18.1 Å². The van der Waals surface area contributed by atoms with Gasteiger partial charge in [0.1, 0.15) is 17.5 Å². The molecule has 2 heterocycles. The molecule has 0 aliphatic carbocycles. The molecule has 0 unspecified atom stereocenters. The van der Waals surface area contributed by atoms with Crippen LogP contribution in [-0.2, 0) is 32.0 Å². The number of aromatic nitrogens is 2. The average molecular weight is 540 g/mol. The zero-order chi connectivity index (χ0) is 27.9. The number of esters is 1. The Balaban J connectivity index is 1.58. The maximum atomic E-state index is 14.5. The van der Waals surface area contributed by atoms with Crippen LogP contribution in [0.5, 0.6) is 0 Å². The lowest BCUT2D eigenvalue weighted by Gasteiger charge is -2.33. The van der Waals surface area contributed by atoms with Crippen LogP contribution in [0, 0.1) is 11.6 Å². The summed E-state index contributed by atoms with van der Waals surface area (Å²) in [6.45, 7) is 0.839. The summed E-state index contributed by atoms with van der Waals surface area (Å²) >= 11 is 0.